The van der Waals surface area contributed by atoms with Gasteiger partial charge < -0.3 is 10.1 Å². The number of methoxy groups -OCH3 is 1. The number of ether oxygens (including phenoxy) is 1. The molecule has 0 aliphatic heterocycles. The predicted octanol–water partition coefficient (Wildman–Crippen LogP) is 4.31. The van der Waals surface area contributed by atoms with Gasteiger partial charge in [-0.2, -0.15) is 0 Å². The highest BCUT2D eigenvalue weighted by Gasteiger charge is 2.23. The molecule has 108 valence electrons. The molecule has 0 radical (unpaired) electrons. The van der Waals surface area contributed by atoms with Crippen molar-refractivity contribution in [2.24, 2.45) is 5.41 Å². The SMILES string of the molecule is CCNC(CCc1ccc(Cl)c(OC)c1)C(C)(C)C. The zero-order chi connectivity index (χ0) is 14.5. The van der Waals surface area contributed by atoms with Crippen LogP contribution in [-0.2, 0) is 6.42 Å². The molecule has 2 nitrogen and oxygen atoms in total. The van der Waals surface area contributed by atoms with E-state index in [0.29, 0.717) is 11.1 Å². The molecule has 19 heavy (non-hydrogen) atoms. The molecule has 1 rings (SSSR count). The minimum atomic E-state index is 0.270. The first-order valence-electron chi connectivity index (χ1n) is 6.94. The molecule has 1 atom stereocenters. The van der Waals surface area contributed by atoms with Crippen LogP contribution in [-0.4, -0.2) is 19.7 Å². The molecule has 0 saturated carbocycles. The van der Waals surface area contributed by atoms with Crippen LogP contribution in [0.2, 0.25) is 5.02 Å². The van der Waals surface area contributed by atoms with E-state index in [4.69, 9.17) is 16.3 Å². The molecule has 0 saturated heterocycles. The van der Waals surface area contributed by atoms with Gasteiger partial charge in [-0.05, 0) is 42.5 Å². The molecule has 0 aliphatic carbocycles. The summed E-state index contributed by atoms with van der Waals surface area (Å²) in [5.41, 5.74) is 1.54. The Labute approximate surface area is 122 Å². The van der Waals surface area contributed by atoms with Crippen molar-refractivity contribution in [1.82, 2.24) is 5.32 Å². The highest BCUT2D eigenvalue weighted by atomic mass is 35.5. The first-order chi connectivity index (χ1) is 8.88. The van der Waals surface area contributed by atoms with Gasteiger partial charge in [-0.25, -0.2) is 0 Å². The minimum absolute atomic E-state index is 0.270. The molecule has 0 heterocycles. The summed E-state index contributed by atoms with van der Waals surface area (Å²) in [7, 11) is 1.65. The fourth-order valence-corrected chi connectivity index (χ4v) is 2.45. The minimum Gasteiger partial charge on any atom is -0.495 e. The quantitative estimate of drug-likeness (QED) is 0.840. The molecule has 0 fully saturated rings. The Bertz CT molecular complexity index is 398. The van der Waals surface area contributed by atoms with Crippen molar-refractivity contribution in [3.63, 3.8) is 0 Å². The number of hydrogen-bond donors (Lipinski definition) is 1. The first-order valence-corrected chi connectivity index (χ1v) is 7.32. The monoisotopic (exact) mass is 283 g/mol. The molecule has 0 aliphatic rings. The van der Waals surface area contributed by atoms with Crippen LogP contribution in [0.1, 0.15) is 39.7 Å². The zero-order valence-electron chi connectivity index (χ0n) is 12.7. The summed E-state index contributed by atoms with van der Waals surface area (Å²) >= 11 is 6.04. The van der Waals surface area contributed by atoms with E-state index in [2.05, 4.69) is 39.1 Å². The third kappa shape index (κ3) is 5.04. The number of benzene rings is 1. The van der Waals surface area contributed by atoms with Crippen LogP contribution in [0.5, 0.6) is 5.75 Å². The van der Waals surface area contributed by atoms with Crippen LogP contribution in [0.25, 0.3) is 0 Å². The summed E-state index contributed by atoms with van der Waals surface area (Å²) in [6, 6.07) is 6.54. The Hall–Kier alpha value is -0.730. The average Bonchev–Trinajstić information content (AvgIpc) is 2.34. The van der Waals surface area contributed by atoms with Gasteiger partial charge in [0.05, 0.1) is 12.1 Å². The van der Waals surface area contributed by atoms with Gasteiger partial charge in [-0.15, -0.1) is 0 Å². The van der Waals surface area contributed by atoms with Crippen molar-refractivity contribution < 1.29 is 4.74 Å². The summed E-state index contributed by atoms with van der Waals surface area (Å²) < 4.78 is 5.26. The van der Waals surface area contributed by atoms with E-state index < -0.39 is 0 Å². The Morgan fingerprint density at radius 2 is 2.00 bits per heavy atom. The van der Waals surface area contributed by atoms with Gasteiger partial charge in [0.2, 0.25) is 0 Å². The van der Waals surface area contributed by atoms with Gasteiger partial charge in [0.1, 0.15) is 5.75 Å². The maximum Gasteiger partial charge on any atom is 0.137 e. The summed E-state index contributed by atoms with van der Waals surface area (Å²) in [4.78, 5) is 0. The lowest BCUT2D eigenvalue weighted by molar-refractivity contribution is 0.258. The second kappa shape index (κ2) is 7.16. The van der Waals surface area contributed by atoms with Crippen LogP contribution in [0.3, 0.4) is 0 Å². The number of hydrogen-bond acceptors (Lipinski definition) is 2. The number of nitrogens with one attached hydrogen (secondary N) is 1. The van der Waals surface area contributed by atoms with E-state index in [1.54, 1.807) is 7.11 Å². The van der Waals surface area contributed by atoms with E-state index in [1.807, 2.05) is 12.1 Å². The van der Waals surface area contributed by atoms with Crippen molar-refractivity contribution in [1.29, 1.82) is 0 Å². The van der Waals surface area contributed by atoms with Crippen LogP contribution in [0.15, 0.2) is 18.2 Å². The lowest BCUT2D eigenvalue weighted by Gasteiger charge is -2.31. The van der Waals surface area contributed by atoms with Gasteiger partial charge in [-0.1, -0.05) is 45.4 Å². The Morgan fingerprint density at radius 3 is 2.53 bits per heavy atom. The molecular formula is C16H26ClNO. The molecule has 0 spiro atoms. The highest BCUT2D eigenvalue weighted by molar-refractivity contribution is 6.32. The van der Waals surface area contributed by atoms with Gasteiger partial charge in [-0.3, -0.25) is 0 Å². The molecule has 3 heteroatoms. The molecule has 1 N–H and O–H groups in total. The topological polar surface area (TPSA) is 21.3 Å². The first kappa shape index (κ1) is 16.3. The van der Waals surface area contributed by atoms with Crippen molar-refractivity contribution in [3.8, 4) is 5.75 Å². The molecule has 1 aromatic rings. The lowest BCUT2D eigenvalue weighted by Crippen LogP contribution is -2.40. The summed E-state index contributed by atoms with van der Waals surface area (Å²) in [6.07, 6.45) is 2.14. The lowest BCUT2D eigenvalue weighted by atomic mass is 9.83. The number of halogens is 1. The second-order valence-corrected chi connectivity index (χ2v) is 6.39. The fourth-order valence-electron chi connectivity index (χ4n) is 2.26. The van der Waals surface area contributed by atoms with Gasteiger partial charge in [0, 0.05) is 6.04 Å². The molecule has 0 bridgehead atoms. The maximum atomic E-state index is 6.04. The standard InChI is InChI=1S/C16H26ClNO/c1-6-18-15(16(2,3)4)10-8-12-7-9-13(17)14(11-12)19-5/h7,9,11,15,18H,6,8,10H2,1-5H3. The molecule has 1 unspecified atom stereocenters. The van der Waals surface area contributed by atoms with Crippen LogP contribution >= 0.6 is 11.6 Å². The van der Waals surface area contributed by atoms with Crippen LogP contribution in [0.4, 0.5) is 0 Å². The Morgan fingerprint density at radius 1 is 1.32 bits per heavy atom. The van der Waals surface area contributed by atoms with Crippen LogP contribution in [0, 0.1) is 5.41 Å². The molecular weight excluding hydrogens is 258 g/mol. The zero-order valence-corrected chi connectivity index (χ0v) is 13.5. The van der Waals surface area contributed by atoms with E-state index in [1.165, 1.54) is 5.56 Å². The van der Waals surface area contributed by atoms with Crippen molar-refractivity contribution in [2.45, 2.75) is 46.6 Å². The molecule has 0 aromatic heterocycles. The number of rotatable bonds is 6. The summed E-state index contributed by atoms with van der Waals surface area (Å²) in [6.45, 7) is 10.0. The Balaban J connectivity index is 2.69. The molecule has 0 amide bonds. The highest BCUT2D eigenvalue weighted by Crippen LogP contribution is 2.27. The third-order valence-electron chi connectivity index (χ3n) is 3.43. The van der Waals surface area contributed by atoms with Gasteiger partial charge >= 0.3 is 0 Å². The van der Waals surface area contributed by atoms with E-state index >= 15 is 0 Å². The van der Waals surface area contributed by atoms with Gasteiger partial charge in [0.25, 0.3) is 0 Å². The normalized spacial score (nSPS) is 13.4. The molecule has 1 aromatic carbocycles. The van der Waals surface area contributed by atoms with Crippen molar-refractivity contribution >= 4 is 11.6 Å². The van der Waals surface area contributed by atoms with Crippen LogP contribution < -0.4 is 10.1 Å². The fraction of sp³-hybridized carbons (Fsp3) is 0.625. The smallest absolute Gasteiger partial charge is 0.137 e. The largest absolute Gasteiger partial charge is 0.495 e. The number of aryl methyl sites for hydroxylation is 1. The summed E-state index contributed by atoms with van der Waals surface area (Å²) in [5.74, 6) is 0.759. The van der Waals surface area contributed by atoms with Gasteiger partial charge in [0.15, 0.2) is 0 Å². The van der Waals surface area contributed by atoms with Crippen molar-refractivity contribution in [3.05, 3.63) is 28.8 Å². The predicted molar refractivity (Wildman–Crippen MR) is 83.2 cm³/mol. The second-order valence-electron chi connectivity index (χ2n) is 5.98. The van der Waals surface area contributed by atoms with E-state index in [9.17, 15) is 0 Å². The third-order valence-corrected chi connectivity index (χ3v) is 3.75. The van der Waals surface area contributed by atoms with Crippen molar-refractivity contribution in [2.75, 3.05) is 13.7 Å². The van der Waals surface area contributed by atoms with E-state index in [0.717, 1.165) is 25.1 Å². The Kier molecular flexibility index (Phi) is 6.15. The summed E-state index contributed by atoms with van der Waals surface area (Å²) in [5, 5.41) is 4.25. The maximum absolute atomic E-state index is 6.04. The average molecular weight is 284 g/mol. The van der Waals surface area contributed by atoms with E-state index in [-0.39, 0.29) is 5.41 Å².